The van der Waals surface area contributed by atoms with E-state index < -0.39 is 17.5 Å². The van der Waals surface area contributed by atoms with Crippen molar-refractivity contribution in [3.05, 3.63) is 77.2 Å². The maximum atomic E-state index is 13.9. The van der Waals surface area contributed by atoms with Crippen molar-refractivity contribution in [3.8, 4) is 11.3 Å². The molecule has 0 atom stereocenters. The maximum Gasteiger partial charge on any atom is 0.279 e. The topological polar surface area (TPSA) is 85.6 Å². The summed E-state index contributed by atoms with van der Waals surface area (Å²) in [6.45, 7) is 0.425. The zero-order valence-corrected chi connectivity index (χ0v) is 15.0. The number of carbonyl (C=O) groups excluding carboxylic acids is 1. The van der Waals surface area contributed by atoms with Gasteiger partial charge in [-0.25, -0.2) is 18.4 Å². The second kappa shape index (κ2) is 7.61. The van der Waals surface area contributed by atoms with Gasteiger partial charge in [0.1, 0.15) is 11.6 Å². The second-order valence-corrected chi connectivity index (χ2v) is 6.64. The highest BCUT2D eigenvalue weighted by Gasteiger charge is 2.15. The summed E-state index contributed by atoms with van der Waals surface area (Å²) < 4.78 is 28.7. The lowest BCUT2D eigenvalue weighted by molar-refractivity contribution is 0.102. The van der Waals surface area contributed by atoms with Crippen LogP contribution in [0.3, 0.4) is 0 Å². The molecule has 0 aliphatic carbocycles. The average Bonchev–Trinajstić information content (AvgIpc) is 3.34. The van der Waals surface area contributed by atoms with Crippen molar-refractivity contribution in [2.24, 2.45) is 0 Å². The number of rotatable bonds is 5. The number of hydrogen-bond acceptors (Lipinski definition) is 6. The van der Waals surface area contributed by atoms with Crippen LogP contribution in [0.15, 0.2) is 54.3 Å². The molecule has 3 heterocycles. The molecule has 4 rings (SSSR count). The Bertz CT molecular complexity index is 1130. The Labute approximate surface area is 161 Å². The van der Waals surface area contributed by atoms with E-state index in [4.69, 9.17) is 0 Å². The predicted molar refractivity (Wildman–Crippen MR) is 98.8 cm³/mol. The first-order valence-electron chi connectivity index (χ1n) is 8.10. The molecule has 0 saturated heterocycles. The van der Waals surface area contributed by atoms with Crippen LogP contribution in [0.4, 0.5) is 13.9 Å². The number of nitrogens with zero attached hydrogens (tertiary/aromatic N) is 5. The molecule has 3 aromatic heterocycles. The lowest BCUT2D eigenvalue weighted by Crippen LogP contribution is -2.12. The van der Waals surface area contributed by atoms with E-state index in [0.29, 0.717) is 6.54 Å². The molecule has 28 heavy (non-hydrogen) atoms. The first-order valence-corrected chi connectivity index (χ1v) is 8.98. The minimum absolute atomic E-state index is 0.0270. The first kappa shape index (κ1) is 17.9. The standard InChI is InChI=1S/C18H12F2N6OS/c19-12-3-4-14(20)13(6-12)16-10-28-18(22-16)23-17(27)15-9-26(25-24-15)8-11-2-1-5-21-7-11/h1-7,9-10H,8H2,(H,22,23,27). The van der Waals surface area contributed by atoms with Gasteiger partial charge in [0.15, 0.2) is 10.8 Å². The number of nitrogens with one attached hydrogen (secondary N) is 1. The van der Waals surface area contributed by atoms with E-state index >= 15 is 0 Å². The Morgan fingerprint density at radius 1 is 1.25 bits per heavy atom. The molecule has 140 valence electrons. The molecule has 0 fully saturated rings. The number of halogens is 2. The fourth-order valence-electron chi connectivity index (χ4n) is 2.47. The molecule has 0 saturated carbocycles. The Morgan fingerprint density at radius 3 is 2.96 bits per heavy atom. The minimum atomic E-state index is -0.595. The monoisotopic (exact) mass is 398 g/mol. The van der Waals surface area contributed by atoms with Gasteiger partial charge in [0, 0.05) is 23.3 Å². The fraction of sp³-hybridized carbons (Fsp3) is 0.0556. The largest absolute Gasteiger partial charge is 0.296 e. The van der Waals surface area contributed by atoms with Gasteiger partial charge in [-0.05, 0) is 29.8 Å². The van der Waals surface area contributed by atoms with Gasteiger partial charge in [0.25, 0.3) is 5.91 Å². The maximum absolute atomic E-state index is 13.9. The first-order chi connectivity index (χ1) is 13.6. The van der Waals surface area contributed by atoms with E-state index in [1.165, 1.54) is 16.3 Å². The number of carbonyl (C=O) groups is 1. The number of amides is 1. The van der Waals surface area contributed by atoms with Crippen molar-refractivity contribution in [1.82, 2.24) is 25.0 Å². The van der Waals surface area contributed by atoms with Crippen LogP contribution in [0.2, 0.25) is 0 Å². The average molecular weight is 398 g/mol. The third-order valence-corrected chi connectivity index (χ3v) is 4.53. The summed E-state index contributed by atoms with van der Waals surface area (Å²) in [7, 11) is 0. The zero-order valence-electron chi connectivity index (χ0n) is 14.2. The van der Waals surface area contributed by atoms with Crippen LogP contribution < -0.4 is 5.32 Å². The van der Waals surface area contributed by atoms with Crippen molar-refractivity contribution in [3.63, 3.8) is 0 Å². The summed E-state index contributed by atoms with van der Waals surface area (Å²) in [5.41, 5.74) is 1.29. The zero-order chi connectivity index (χ0) is 19.5. The number of benzene rings is 1. The number of pyridine rings is 1. The van der Waals surface area contributed by atoms with Crippen LogP contribution in [0.5, 0.6) is 0 Å². The van der Waals surface area contributed by atoms with E-state index in [-0.39, 0.29) is 22.1 Å². The molecule has 0 radical (unpaired) electrons. The van der Waals surface area contributed by atoms with E-state index in [9.17, 15) is 13.6 Å². The Balaban J connectivity index is 1.46. The summed E-state index contributed by atoms with van der Waals surface area (Å²) in [6.07, 6.45) is 4.87. The molecular formula is C18H12F2N6OS. The Hall–Kier alpha value is -3.53. The normalized spacial score (nSPS) is 10.8. The van der Waals surface area contributed by atoms with Crippen LogP contribution in [0.1, 0.15) is 16.1 Å². The Kier molecular flexibility index (Phi) is 4.85. The second-order valence-electron chi connectivity index (χ2n) is 5.78. The van der Waals surface area contributed by atoms with E-state index in [1.54, 1.807) is 18.5 Å². The number of hydrogen-bond donors (Lipinski definition) is 1. The van der Waals surface area contributed by atoms with Crippen LogP contribution >= 0.6 is 11.3 Å². The Morgan fingerprint density at radius 2 is 2.14 bits per heavy atom. The van der Waals surface area contributed by atoms with Crippen molar-refractivity contribution in [2.45, 2.75) is 6.54 Å². The van der Waals surface area contributed by atoms with Crippen molar-refractivity contribution >= 4 is 22.4 Å². The number of thiazole rings is 1. The van der Waals surface area contributed by atoms with Gasteiger partial charge >= 0.3 is 0 Å². The summed E-state index contributed by atoms with van der Waals surface area (Å²) in [6, 6.07) is 6.81. The van der Waals surface area contributed by atoms with Gasteiger partial charge < -0.3 is 0 Å². The van der Waals surface area contributed by atoms with Gasteiger partial charge in [-0.1, -0.05) is 11.3 Å². The third-order valence-electron chi connectivity index (χ3n) is 3.77. The molecule has 0 aliphatic rings. The van der Waals surface area contributed by atoms with Crippen LogP contribution in [-0.4, -0.2) is 30.9 Å². The van der Waals surface area contributed by atoms with Gasteiger partial charge in [0.2, 0.25) is 0 Å². The van der Waals surface area contributed by atoms with Crippen molar-refractivity contribution < 1.29 is 13.6 Å². The molecule has 1 N–H and O–H groups in total. The highest BCUT2D eigenvalue weighted by Crippen LogP contribution is 2.27. The lowest BCUT2D eigenvalue weighted by atomic mass is 10.1. The molecule has 0 unspecified atom stereocenters. The molecule has 0 aliphatic heterocycles. The lowest BCUT2D eigenvalue weighted by Gasteiger charge is -2.00. The van der Waals surface area contributed by atoms with Gasteiger partial charge in [-0.15, -0.1) is 16.4 Å². The highest BCUT2D eigenvalue weighted by molar-refractivity contribution is 7.14. The van der Waals surface area contributed by atoms with Crippen LogP contribution in [-0.2, 0) is 6.54 Å². The fourth-order valence-corrected chi connectivity index (χ4v) is 3.17. The van der Waals surface area contributed by atoms with Crippen molar-refractivity contribution in [1.29, 1.82) is 0 Å². The molecule has 4 aromatic rings. The van der Waals surface area contributed by atoms with E-state index in [2.05, 4.69) is 25.6 Å². The van der Waals surface area contributed by atoms with Gasteiger partial charge in [0.05, 0.1) is 18.4 Å². The van der Waals surface area contributed by atoms with Crippen molar-refractivity contribution in [2.75, 3.05) is 5.32 Å². The SMILES string of the molecule is O=C(Nc1nc(-c2cc(F)ccc2F)cs1)c1cn(Cc2cccnc2)nn1. The summed E-state index contributed by atoms with van der Waals surface area (Å²) in [5.74, 6) is -1.67. The predicted octanol–water partition coefficient (Wildman–Crippen LogP) is 3.38. The van der Waals surface area contributed by atoms with E-state index in [1.807, 2.05) is 6.07 Å². The summed E-state index contributed by atoms with van der Waals surface area (Å²) >= 11 is 1.10. The van der Waals surface area contributed by atoms with Crippen LogP contribution in [0, 0.1) is 11.6 Å². The highest BCUT2D eigenvalue weighted by atomic mass is 32.1. The van der Waals surface area contributed by atoms with E-state index in [0.717, 1.165) is 35.1 Å². The summed E-state index contributed by atoms with van der Waals surface area (Å²) in [4.78, 5) is 20.5. The van der Waals surface area contributed by atoms with Crippen LogP contribution in [0.25, 0.3) is 11.3 Å². The number of anilines is 1. The summed E-state index contributed by atoms with van der Waals surface area (Å²) in [5, 5.41) is 12.1. The van der Waals surface area contributed by atoms with Gasteiger partial charge in [-0.2, -0.15) is 0 Å². The quantitative estimate of drug-likeness (QED) is 0.557. The number of aromatic nitrogens is 5. The molecular weight excluding hydrogens is 386 g/mol. The molecule has 0 bridgehead atoms. The molecule has 1 amide bonds. The van der Waals surface area contributed by atoms with Gasteiger partial charge in [-0.3, -0.25) is 15.1 Å². The molecule has 7 nitrogen and oxygen atoms in total. The molecule has 0 spiro atoms. The third kappa shape index (κ3) is 3.91. The minimum Gasteiger partial charge on any atom is -0.296 e. The molecule has 1 aromatic carbocycles. The smallest absolute Gasteiger partial charge is 0.279 e. The molecule has 10 heteroatoms.